The molecule has 0 bridgehead atoms. The molecule has 0 N–H and O–H groups in total. The molecule has 1 aromatic carbocycles. The molecule has 0 unspecified atom stereocenters. The summed E-state index contributed by atoms with van der Waals surface area (Å²) in [6.07, 6.45) is 1.30. The van der Waals surface area contributed by atoms with Crippen LogP contribution in [-0.4, -0.2) is 26.3 Å². The molecule has 0 aliphatic rings. The second-order valence-electron chi connectivity index (χ2n) is 6.08. The zero-order valence-electron chi connectivity index (χ0n) is 13.6. The number of benzene rings is 1. The van der Waals surface area contributed by atoms with E-state index >= 15 is 0 Å². The molecule has 2 rings (SSSR count). The highest BCUT2D eigenvalue weighted by Crippen LogP contribution is 2.31. The normalized spacial score (nSPS) is 13.4. The van der Waals surface area contributed by atoms with E-state index < -0.39 is 21.7 Å². The van der Waals surface area contributed by atoms with E-state index in [2.05, 4.69) is 9.55 Å². The Labute approximate surface area is 147 Å². The van der Waals surface area contributed by atoms with Gasteiger partial charge < -0.3 is 14.4 Å². The zero-order chi connectivity index (χ0) is 18.1. The first-order valence-corrected chi connectivity index (χ1v) is 8.53. The largest absolute Gasteiger partial charge is 0.545 e. The van der Waals surface area contributed by atoms with Gasteiger partial charge in [0.25, 0.3) is 0 Å². The summed E-state index contributed by atoms with van der Waals surface area (Å²) in [6, 6.07) is 4.40. The summed E-state index contributed by atoms with van der Waals surface area (Å²) in [6.45, 7) is 7.05. The van der Waals surface area contributed by atoms with E-state index in [0.717, 1.165) is 0 Å². The molecule has 0 fully saturated rings. The van der Waals surface area contributed by atoms with Crippen LogP contribution in [0.25, 0.3) is 11.1 Å². The second-order valence-corrected chi connectivity index (χ2v) is 8.45. The lowest BCUT2D eigenvalue weighted by Crippen LogP contribution is -2.23. The molecule has 2 aromatic rings. The Morgan fingerprint density at radius 3 is 2.67 bits per heavy atom. The van der Waals surface area contributed by atoms with Crippen LogP contribution < -0.4 is 5.11 Å². The van der Waals surface area contributed by atoms with Gasteiger partial charge in [-0.1, -0.05) is 22.8 Å². The highest BCUT2D eigenvalue weighted by atomic mass is 35.5. The molecule has 0 radical (unpaired) electrons. The van der Waals surface area contributed by atoms with E-state index in [1.165, 1.54) is 12.3 Å². The van der Waals surface area contributed by atoms with E-state index in [1.54, 1.807) is 39.8 Å². The summed E-state index contributed by atoms with van der Waals surface area (Å²) in [5.41, 5.74) is 1.19. The average molecular weight is 368 g/mol. The third kappa shape index (κ3) is 3.91. The predicted molar refractivity (Wildman–Crippen MR) is 91.5 cm³/mol. The van der Waals surface area contributed by atoms with Crippen molar-refractivity contribution >= 4 is 34.8 Å². The number of carboxylic acids is 1. The third-order valence-electron chi connectivity index (χ3n) is 3.15. The average Bonchev–Trinajstić information content (AvgIpc) is 2.84. The monoisotopic (exact) mass is 367 g/mol. The molecule has 0 spiro atoms. The van der Waals surface area contributed by atoms with Gasteiger partial charge in [0, 0.05) is 10.6 Å². The van der Waals surface area contributed by atoms with Crippen molar-refractivity contribution in [2.24, 2.45) is 4.40 Å². The van der Waals surface area contributed by atoms with Gasteiger partial charge in [0.1, 0.15) is 11.0 Å². The van der Waals surface area contributed by atoms with Crippen LogP contribution in [0.2, 0.25) is 5.02 Å². The number of nitrogens with zero attached hydrogens (tertiary/aromatic N) is 2. The van der Waals surface area contributed by atoms with Crippen molar-refractivity contribution in [3.63, 3.8) is 0 Å². The fraction of sp³-hybridized carbons (Fsp3) is 0.312. The van der Waals surface area contributed by atoms with Gasteiger partial charge in [-0.15, -0.1) is 0 Å². The minimum absolute atomic E-state index is 0.0830. The zero-order valence-corrected chi connectivity index (χ0v) is 15.2. The number of hydrogen-bond donors (Lipinski definition) is 0. The number of aryl methyl sites for hydroxylation is 1. The topological polar surface area (TPSA) is 95.6 Å². The Bertz CT molecular complexity index is 837. The van der Waals surface area contributed by atoms with Gasteiger partial charge in [0.15, 0.2) is 5.76 Å². The van der Waals surface area contributed by atoms with Crippen molar-refractivity contribution in [3.05, 3.63) is 40.2 Å². The molecule has 0 saturated heterocycles. The summed E-state index contributed by atoms with van der Waals surface area (Å²) < 4.78 is 20.7. The van der Waals surface area contributed by atoms with Gasteiger partial charge in [-0.2, -0.15) is 4.40 Å². The van der Waals surface area contributed by atoms with Gasteiger partial charge in [0.05, 0.1) is 28.2 Å². The van der Waals surface area contributed by atoms with Gasteiger partial charge >= 0.3 is 0 Å². The standard InChI is InChI=1S/C16H17ClN2O4S/c1-9-14(11-6-5-10(17)7-12(11)15(20)21)13(23-19-9)8-18-24(22)16(2,3)4/h5-8H,1-4H3,(H,20,21)/p-1/t24-/m0/s1. The molecule has 1 aromatic heterocycles. The number of rotatable bonds is 4. The smallest absolute Gasteiger partial charge is 0.186 e. The lowest BCUT2D eigenvalue weighted by molar-refractivity contribution is -0.254. The number of hydrogen-bond acceptors (Lipinski definition) is 5. The number of aromatic nitrogens is 1. The molecule has 8 heteroatoms. The molecule has 1 heterocycles. The van der Waals surface area contributed by atoms with Crippen molar-refractivity contribution in [3.8, 4) is 11.1 Å². The number of aromatic carboxylic acids is 1. The van der Waals surface area contributed by atoms with Crippen LogP contribution in [0.5, 0.6) is 0 Å². The Morgan fingerprint density at radius 1 is 1.42 bits per heavy atom. The fourth-order valence-corrected chi connectivity index (χ4v) is 2.64. The van der Waals surface area contributed by atoms with Gasteiger partial charge in [-0.25, -0.2) is 4.21 Å². The molecule has 128 valence electrons. The number of halogens is 1. The Morgan fingerprint density at radius 2 is 2.08 bits per heavy atom. The molecular weight excluding hydrogens is 352 g/mol. The lowest BCUT2D eigenvalue weighted by Gasteiger charge is -2.13. The van der Waals surface area contributed by atoms with Crippen molar-refractivity contribution in [1.82, 2.24) is 5.16 Å². The van der Waals surface area contributed by atoms with Crippen molar-refractivity contribution in [1.29, 1.82) is 0 Å². The van der Waals surface area contributed by atoms with Crippen molar-refractivity contribution in [2.45, 2.75) is 32.4 Å². The van der Waals surface area contributed by atoms with Crippen molar-refractivity contribution < 1.29 is 18.6 Å². The molecule has 24 heavy (non-hydrogen) atoms. The molecular formula is C16H16ClN2O4S-. The summed E-state index contributed by atoms with van der Waals surface area (Å²) in [5, 5.41) is 15.5. The van der Waals surface area contributed by atoms with Crippen LogP contribution in [0.3, 0.4) is 0 Å². The fourth-order valence-electron chi connectivity index (χ4n) is 1.96. The van der Waals surface area contributed by atoms with Crippen LogP contribution in [0.4, 0.5) is 0 Å². The number of carboxylic acid groups (broad SMARTS) is 1. The first-order valence-electron chi connectivity index (χ1n) is 7.05. The maximum Gasteiger partial charge on any atom is 0.186 e. The molecule has 6 nitrogen and oxygen atoms in total. The Kier molecular flexibility index (Phi) is 5.25. The van der Waals surface area contributed by atoms with Crippen LogP contribution in [0.15, 0.2) is 27.1 Å². The molecule has 1 atom stereocenters. The quantitative estimate of drug-likeness (QED) is 0.774. The van der Waals surface area contributed by atoms with E-state index in [0.29, 0.717) is 16.8 Å². The lowest BCUT2D eigenvalue weighted by atomic mass is 9.98. The molecule has 0 aliphatic carbocycles. The first kappa shape index (κ1) is 18.4. The van der Waals surface area contributed by atoms with Gasteiger partial charge in [-0.05, 0) is 45.4 Å². The molecule has 0 aliphatic heterocycles. The number of carbonyl (C=O) groups excluding carboxylic acids is 1. The first-order chi connectivity index (χ1) is 11.1. The minimum Gasteiger partial charge on any atom is -0.545 e. The number of carbonyl (C=O) groups is 1. The highest BCUT2D eigenvalue weighted by Gasteiger charge is 2.21. The Balaban J connectivity index is 2.55. The highest BCUT2D eigenvalue weighted by molar-refractivity contribution is 7.85. The van der Waals surface area contributed by atoms with Crippen LogP contribution in [-0.2, 0) is 11.0 Å². The van der Waals surface area contributed by atoms with Crippen molar-refractivity contribution in [2.75, 3.05) is 0 Å². The maximum absolute atomic E-state index is 12.0. The van der Waals surface area contributed by atoms with E-state index in [9.17, 15) is 14.1 Å². The van der Waals surface area contributed by atoms with E-state index in [1.807, 2.05) is 0 Å². The second kappa shape index (κ2) is 6.86. The SMILES string of the molecule is Cc1noc(C=N[S@@](=O)C(C)(C)C)c1-c1ccc(Cl)cc1C(=O)[O-]. The van der Waals surface area contributed by atoms with Crippen LogP contribution >= 0.6 is 11.6 Å². The summed E-state index contributed by atoms with van der Waals surface area (Å²) in [7, 11) is -1.48. The Hall–Kier alpha value is -1.99. The maximum atomic E-state index is 12.0. The van der Waals surface area contributed by atoms with Gasteiger partial charge in [-0.3, -0.25) is 0 Å². The molecule has 0 saturated carbocycles. The summed E-state index contributed by atoms with van der Waals surface area (Å²) in [4.78, 5) is 11.4. The summed E-state index contributed by atoms with van der Waals surface area (Å²) >= 11 is 5.86. The van der Waals surface area contributed by atoms with Crippen LogP contribution in [0.1, 0.15) is 42.6 Å². The van der Waals surface area contributed by atoms with E-state index in [4.69, 9.17) is 16.1 Å². The third-order valence-corrected chi connectivity index (χ3v) is 4.73. The predicted octanol–water partition coefficient (Wildman–Crippen LogP) is 2.55. The van der Waals surface area contributed by atoms with Crippen LogP contribution in [0, 0.1) is 6.92 Å². The summed E-state index contributed by atoms with van der Waals surface area (Å²) in [5.74, 6) is -1.15. The van der Waals surface area contributed by atoms with Gasteiger partial charge in [0.2, 0.25) is 0 Å². The minimum atomic E-state index is -1.48. The molecule has 0 amide bonds. The van der Waals surface area contributed by atoms with E-state index in [-0.39, 0.29) is 16.3 Å².